The summed E-state index contributed by atoms with van der Waals surface area (Å²) in [6.45, 7) is 1.94. The molecule has 1 aromatic heterocycles. The number of aromatic nitrogens is 1. The van der Waals surface area contributed by atoms with Gasteiger partial charge in [0.05, 0.1) is 11.2 Å². The summed E-state index contributed by atoms with van der Waals surface area (Å²) in [4.78, 5) is 16.4. The predicted octanol–water partition coefficient (Wildman–Crippen LogP) is 6.29. The molecule has 0 saturated carbocycles. The minimum atomic E-state index is -0.0975. The van der Waals surface area contributed by atoms with Crippen LogP contribution in [0.4, 0.5) is 5.69 Å². The molecular formula is C19H15BrCl2N2O2. The smallest absolute Gasteiger partial charge is 0.224 e. The van der Waals surface area contributed by atoms with Crippen LogP contribution < -0.4 is 5.32 Å². The van der Waals surface area contributed by atoms with Crippen molar-refractivity contribution in [3.8, 4) is 11.3 Å². The van der Waals surface area contributed by atoms with Gasteiger partial charge in [-0.05, 0) is 48.9 Å². The molecule has 2 aromatic carbocycles. The molecule has 3 aromatic rings. The first-order chi connectivity index (χ1) is 12.4. The third kappa shape index (κ3) is 4.67. The highest BCUT2D eigenvalue weighted by molar-refractivity contribution is 9.10. The van der Waals surface area contributed by atoms with Crippen LogP contribution in [0.25, 0.3) is 11.3 Å². The van der Waals surface area contributed by atoms with E-state index < -0.39 is 0 Å². The van der Waals surface area contributed by atoms with E-state index in [1.54, 1.807) is 24.4 Å². The molecule has 0 aliphatic heterocycles. The topological polar surface area (TPSA) is 55.1 Å². The maximum Gasteiger partial charge on any atom is 0.224 e. The van der Waals surface area contributed by atoms with Gasteiger partial charge in [0.1, 0.15) is 0 Å². The molecule has 0 fully saturated rings. The van der Waals surface area contributed by atoms with Gasteiger partial charge in [-0.25, -0.2) is 4.98 Å². The standard InChI is InChI=1S/C19H15BrCl2N2O2/c1-11-8-12(20)2-5-16(11)24-18(25)6-7-19-23-10-17(26-19)14-4-3-13(21)9-15(14)22/h2-5,8-10H,6-7H2,1H3,(H,24,25). The lowest BCUT2D eigenvalue weighted by atomic mass is 10.2. The zero-order valence-electron chi connectivity index (χ0n) is 13.9. The van der Waals surface area contributed by atoms with Crippen LogP contribution in [0.5, 0.6) is 0 Å². The Labute approximate surface area is 169 Å². The van der Waals surface area contributed by atoms with Crippen molar-refractivity contribution in [3.63, 3.8) is 0 Å². The first-order valence-electron chi connectivity index (χ1n) is 7.88. The Kier molecular flexibility index (Phi) is 6.01. The van der Waals surface area contributed by atoms with Gasteiger partial charge in [-0.2, -0.15) is 0 Å². The van der Waals surface area contributed by atoms with E-state index in [4.69, 9.17) is 27.6 Å². The number of anilines is 1. The van der Waals surface area contributed by atoms with Gasteiger partial charge in [0.2, 0.25) is 5.91 Å². The second-order valence-corrected chi connectivity index (χ2v) is 7.51. The molecule has 0 bridgehead atoms. The lowest BCUT2D eigenvalue weighted by Crippen LogP contribution is -2.13. The molecule has 0 aliphatic rings. The summed E-state index contributed by atoms with van der Waals surface area (Å²) in [5.74, 6) is 0.930. The van der Waals surface area contributed by atoms with Gasteiger partial charge in [-0.3, -0.25) is 4.79 Å². The monoisotopic (exact) mass is 452 g/mol. The molecule has 0 radical (unpaired) electrons. The Morgan fingerprint density at radius 3 is 2.77 bits per heavy atom. The number of hydrogen-bond donors (Lipinski definition) is 1. The molecule has 0 saturated heterocycles. The van der Waals surface area contributed by atoms with Crippen molar-refractivity contribution in [2.24, 2.45) is 0 Å². The van der Waals surface area contributed by atoms with E-state index in [1.807, 2.05) is 25.1 Å². The normalized spacial score (nSPS) is 10.8. The largest absolute Gasteiger partial charge is 0.441 e. The van der Waals surface area contributed by atoms with Gasteiger partial charge in [0, 0.05) is 33.6 Å². The quantitative estimate of drug-likeness (QED) is 0.493. The van der Waals surface area contributed by atoms with Crippen LogP contribution in [0.2, 0.25) is 10.0 Å². The molecule has 0 aliphatic carbocycles. The summed E-state index contributed by atoms with van der Waals surface area (Å²) in [7, 11) is 0. The minimum Gasteiger partial charge on any atom is -0.441 e. The van der Waals surface area contributed by atoms with Crippen molar-refractivity contribution in [3.05, 3.63) is 68.6 Å². The first kappa shape index (κ1) is 19.0. The second kappa shape index (κ2) is 8.25. The van der Waals surface area contributed by atoms with Crippen LogP contribution in [-0.2, 0) is 11.2 Å². The van der Waals surface area contributed by atoms with E-state index in [1.165, 1.54) is 0 Å². The van der Waals surface area contributed by atoms with E-state index in [0.29, 0.717) is 33.7 Å². The van der Waals surface area contributed by atoms with Crippen molar-refractivity contribution in [1.82, 2.24) is 4.98 Å². The van der Waals surface area contributed by atoms with Crippen molar-refractivity contribution >= 4 is 50.7 Å². The summed E-state index contributed by atoms with van der Waals surface area (Å²) in [5.41, 5.74) is 2.49. The number of amides is 1. The van der Waals surface area contributed by atoms with Crippen molar-refractivity contribution in [2.75, 3.05) is 5.32 Å². The highest BCUT2D eigenvalue weighted by atomic mass is 79.9. The number of nitrogens with zero attached hydrogens (tertiary/aromatic N) is 1. The predicted molar refractivity (Wildman–Crippen MR) is 108 cm³/mol. The lowest BCUT2D eigenvalue weighted by molar-refractivity contribution is -0.116. The highest BCUT2D eigenvalue weighted by Crippen LogP contribution is 2.31. The minimum absolute atomic E-state index is 0.0975. The fourth-order valence-corrected chi connectivity index (χ4v) is 3.42. The Bertz CT molecular complexity index is 956. The van der Waals surface area contributed by atoms with Crippen molar-refractivity contribution in [2.45, 2.75) is 19.8 Å². The summed E-state index contributed by atoms with van der Waals surface area (Å²) in [6, 6.07) is 10.9. The fraction of sp³-hybridized carbons (Fsp3) is 0.158. The Morgan fingerprint density at radius 1 is 1.23 bits per heavy atom. The molecule has 0 atom stereocenters. The van der Waals surface area contributed by atoms with Crippen molar-refractivity contribution in [1.29, 1.82) is 0 Å². The summed E-state index contributed by atoms with van der Waals surface area (Å²) in [5, 5.41) is 3.94. The lowest BCUT2D eigenvalue weighted by Gasteiger charge is -2.08. The van der Waals surface area contributed by atoms with E-state index in [-0.39, 0.29) is 12.3 Å². The summed E-state index contributed by atoms with van der Waals surface area (Å²) >= 11 is 15.5. The van der Waals surface area contributed by atoms with E-state index in [2.05, 4.69) is 26.2 Å². The molecule has 1 N–H and O–H groups in total. The molecule has 134 valence electrons. The zero-order valence-corrected chi connectivity index (χ0v) is 17.0. The van der Waals surface area contributed by atoms with E-state index >= 15 is 0 Å². The number of benzene rings is 2. The molecule has 26 heavy (non-hydrogen) atoms. The van der Waals surface area contributed by atoms with Gasteiger partial charge in [0.15, 0.2) is 11.7 Å². The van der Waals surface area contributed by atoms with Gasteiger partial charge in [0.25, 0.3) is 0 Å². The average Bonchev–Trinajstić information content (AvgIpc) is 3.04. The van der Waals surface area contributed by atoms with Crippen LogP contribution in [-0.4, -0.2) is 10.9 Å². The van der Waals surface area contributed by atoms with Crippen LogP contribution in [0.15, 0.2) is 51.5 Å². The van der Waals surface area contributed by atoms with E-state index in [0.717, 1.165) is 15.7 Å². The summed E-state index contributed by atoms with van der Waals surface area (Å²) < 4.78 is 6.68. The maximum absolute atomic E-state index is 12.2. The van der Waals surface area contributed by atoms with Gasteiger partial charge >= 0.3 is 0 Å². The van der Waals surface area contributed by atoms with E-state index in [9.17, 15) is 4.79 Å². The number of nitrogens with one attached hydrogen (secondary N) is 1. The van der Waals surface area contributed by atoms with Gasteiger partial charge in [-0.1, -0.05) is 39.1 Å². The number of aryl methyl sites for hydroxylation is 2. The van der Waals surface area contributed by atoms with Crippen LogP contribution in [0.3, 0.4) is 0 Å². The molecule has 1 heterocycles. The van der Waals surface area contributed by atoms with Crippen molar-refractivity contribution < 1.29 is 9.21 Å². The number of oxazole rings is 1. The number of rotatable bonds is 5. The zero-order chi connectivity index (χ0) is 18.7. The molecule has 7 heteroatoms. The average molecular weight is 454 g/mol. The first-order valence-corrected chi connectivity index (χ1v) is 9.43. The summed E-state index contributed by atoms with van der Waals surface area (Å²) in [6.07, 6.45) is 2.26. The molecule has 0 unspecified atom stereocenters. The SMILES string of the molecule is Cc1cc(Br)ccc1NC(=O)CCc1ncc(-c2ccc(Cl)cc2Cl)o1. The molecular weight excluding hydrogens is 439 g/mol. The van der Waals surface area contributed by atoms with Crippen LogP contribution >= 0.6 is 39.1 Å². The maximum atomic E-state index is 12.2. The molecule has 4 nitrogen and oxygen atoms in total. The van der Waals surface area contributed by atoms with Crippen LogP contribution in [0.1, 0.15) is 17.9 Å². The molecule has 1 amide bonds. The van der Waals surface area contributed by atoms with Crippen LogP contribution in [0, 0.1) is 6.92 Å². The number of hydrogen-bond acceptors (Lipinski definition) is 3. The highest BCUT2D eigenvalue weighted by Gasteiger charge is 2.12. The van der Waals surface area contributed by atoms with Gasteiger partial charge in [-0.15, -0.1) is 0 Å². The Hall–Kier alpha value is -1.82. The number of carbonyl (C=O) groups is 1. The Morgan fingerprint density at radius 2 is 2.04 bits per heavy atom. The second-order valence-electron chi connectivity index (χ2n) is 5.75. The Balaban J connectivity index is 1.61. The number of halogens is 3. The fourth-order valence-electron chi connectivity index (χ4n) is 2.44. The molecule has 0 spiro atoms. The third-order valence-corrected chi connectivity index (χ3v) is 4.82. The molecule has 3 rings (SSSR count). The third-order valence-electron chi connectivity index (χ3n) is 3.78. The van der Waals surface area contributed by atoms with Gasteiger partial charge < -0.3 is 9.73 Å². The number of carbonyl (C=O) groups excluding carboxylic acids is 1.